The van der Waals surface area contributed by atoms with Crippen molar-refractivity contribution in [1.29, 1.82) is 0 Å². The molecule has 8 heteroatoms. The number of aryl methyl sites for hydroxylation is 1. The molecule has 1 N–H and O–H groups in total. The maximum Gasteiger partial charge on any atom is 0.266 e. The molecule has 1 atom stereocenters. The Morgan fingerprint density at radius 3 is 2.88 bits per heavy atom. The lowest BCUT2D eigenvalue weighted by molar-refractivity contribution is -0.127. The van der Waals surface area contributed by atoms with Crippen LogP contribution >= 0.6 is 0 Å². The molecule has 24 heavy (non-hydrogen) atoms. The quantitative estimate of drug-likeness (QED) is 0.777. The highest BCUT2D eigenvalue weighted by molar-refractivity contribution is 5.80. The first-order chi connectivity index (χ1) is 11.5. The number of aromatic nitrogens is 2. The monoisotopic (exact) mass is 337 g/mol. The predicted octanol–water partition coefficient (Wildman–Crippen LogP) is 1.50. The average molecular weight is 337 g/mol. The highest BCUT2D eigenvalue weighted by atomic mass is 19.1. The topological polar surface area (TPSA) is 73.2 Å². The van der Waals surface area contributed by atoms with Crippen LogP contribution in [0.15, 0.2) is 41.3 Å². The van der Waals surface area contributed by atoms with E-state index >= 15 is 0 Å². The molecule has 0 fully saturated rings. The molecule has 0 radical (unpaired) electrons. The van der Waals surface area contributed by atoms with Crippen molar-refractivity contribution in [2.45, 2.75) is 26.0 Å². The van der Waals surface area contributed by atoms with E-state index < -0.39 is 23.6 Å². The molecule has 1 heterocycles. The number of carbonyl (C=O) groups excluding carboxylic acids is 1. The number of nitrogens with one attached hydrogen (secondary N) is 1. The van der Waals surface area contributed by atoms with Crippen LogP contribution < -0.4 is 15.6 Å². The third kappa shape index (κ3) is 4.87. The third-order valence-electron chi connectivity index (χ3n) is 3.20. The lowest BCUT2D eigenvalue weighted by Gasteiger charge is -2.15. The molecule has 0 aliphatic rings. The van der Waals surface area contributed by atoms with E-state index in [4.69, 9.17) is 4.74 Å². The highest BCUT2D eigenvalue weighted by Gasteiger charge is 2.16. The summed E-state index contributed by atoms with van der Waals surface area (Å²) < 4.78 is 32.8. The summed E-state index contributed by atoms with van der Waals surface area (Å²) in [5, 5.41) is 6.52. The summed E-state index contributed by atoms with van der Waals surface area (Å²) in [6.45, 7) is 2.13. The van der Waals surface area contributed by atoms with Crippen molar-refractivity contribution >= 4 is 5.91 Å². The second-order valence-corrected chi connectivity index (χ2v) is 5.06. The average Bonchev–Trinajstić information content (AvgIpc) is 2.55. The van der Waals surface area contributed by atoms with Gasteiger partial charge >= 0.3 is 0 Å². The summed E-state index contributed by atoms with van der Waals surface area (Å²) in [7, 11) is 0. The van der Waals surface area contributed by atoms with E-state index in [1.165, 1.54) is 23.9 Å². The maximum absolute atomic E-state index is 13.5. The molecule has 0 saturated carbocycles. The minimum absolute atomic E-state index is 0.195. The minimum Gasteiger partial charge on any atom is -0.478 e. The van der Waals surface area contributed by atoms with Gasteiger partial charge in [-0.05, 0) is 31.5 Å². The van der Waals surface area contributed by atoms with E-state index in [1.807, 2.05) is 0 Å². The normalized spacial score (nSPS) is 11.8. The van der Waals surface area contributed by atoms with E-state index in [9.17, 15) is 18.4 Å². The summed E-state index contributed by atoms with van der Waals surface area (Å²) in [6, 6.07) is 5.81. The first kappa shape index (κ1) is 17.6. The summed E-state index contributed by atoms with van der Waals surface area (Å²) in [5.74, 6) is -2.22. The molecule has 1 aromatic heterocycles. The molecule has 1 aromatic carbocycles. The van der Waals surface area contributed by atoms with Crippen molar-refractivity contribution in [2.75, 3.05) is 6.54 Å². The molecule has 0 aliphatic carbocycles. The number of amides is 1. The fourth-order valence-corrected chi connectivity index (χ4v) is 1.95. The molecule has 0 saturated heterocycles. The fraction of sp³-hybridized carbons (Fsp3) is 0.312. The Hall–Kier alpha value is -2.77. The lowest BCUT2D eigenvalue weighted by Crippen LogP contribution is -2.37. The SMILES string of the molecule is CC(Oc1ccc(F)cc1F)C(=O)NCCCn1ncccc1=O. The van der Waals surface area contributed by atoms with Crippen LogP contribution in [-0.4, -0.2) is 28.3 Å². The molecule has 1 amide bonds. The zero-order valence-electron chi connectivity index (χ0n) is 13.0. The van der Waals surface area contributed by atoms with Gasteiger partial charge < -0.3 is 10.1 Å². The number of benzene rings is 1. The van der Waals surface area contributed by atoms with E-state index in [1.54, 1.807) is 6.07 Å². The third-order valence-corrected chi connectivity index (χ3v) is 3.20. The molecule has 2 rings (SSSR count). The molecule has 0 bridgehead atoms. The van der Waals surface area contributed by atoms with Crippen LogP contribution in [0.1, 0.15) is 13.3 Å². The summed E-state index contributed by atoms with van der Waals surface area (Å²) in [5.41, 5.74) is -0.215. The second-order valence-electron chi connectivity index (χ2n) is 5.06. The maximum atomic E-state index is 13.5. The summed E-state index contributed by atoms with van der Waals surface area (Å²) >= 11 is 0. The summed E-state index contributed by atoms with van der Waals surface area (Å²) in [4.78, 5) is 23.3. The van der Waals surface area contributed by atoms with Gasteiger partial charge in [-0.1, -0.05) is 0 Å². The number of ether oxygens (including phenoxy) is 1. The van der Waals surface area contributed by atoms with Crippen molar-refractivity contribution in [2.24, 2.45) is 0 Å². The van der Waals surface area contributed by atoms with Gasteiger partial charge in [0, 0.05) is 31.4 Å². The van der Waals surface area contributed by atoms with Gasteiger partial charge in [0.1, 0.15) is 5.82 Å². The molecule has 2 aromatic rings. The van der Waals surface area contributed by atoms with Gasteiger partial charge in [0.25, 0.3) is 11.5 Å². The predicted molar refractivity (Wildman–Crippen MR) is 82.6 cm³/mol. The Morgan fingerprint density at radius 2 is 2.17 bits per heavy atom. The molecule has 6 nitrogen and oxygen atoms in total. The van der Waals surface area contributed by atoms with Gasteiger partial charge in [-0.3, -0.25) is 9.59 Å². The van der Waals surface area contributed by atoms with Gasteiger partial charge in [0.15, 0.2) is 17.7 Å². The number of halogens is 2. The standard InChI is InChI=1S/C16H17F2N3O3/c1-11(24-14-6-5-12(17)10-13(14)18)16(23)19-7-3-9-21-15(22)4-2-8-20-21/h2,4-6,8,10-11H,3,7,9H2,1H3,(H,19,23). The number of carbonyl (C=O) groups is 1. The van der Waals surface area contributed by atoms with Crippen LogP contribution in [0.5, 0.6) is 5.75 Å². The van der Waals surface area contributed by atoms with E-state index in [0.29, 0.717) is 25.6 Å². The Balaban J connectivity index is 1.77. The van der Waals surface area contributed by atoms with Gasteiger partial charge in [0.05, 0.1) is 0 Å². The molecular formula is C16H17F2N3O3. The van der Waals surface area contributed by atoms with Crippen molar-refractivity contribution in [1.82, 2.24) is 15.1 Å². The van der Waals surface area contributed by atoms with Crippen LogP contribution in [0.4, 0.5) is 8.78 Å². The fourth-order valence-electron chi connectivity index (χ4n) is 1.95. The van der Waals surface area contributed by atoms with Gasteiger partial charge in [0.2, 0.25) is 0 Å². The van der Waals surface area contributed by atoms with Gasteiger partial charge in [-0.25, -0.2) is 13.5 Å². The Morgan fingerprint density at radius 1 is 1.38 bits per heavy atom. The Bertz CT molecular complexity index is 764. The first-order valence-electron chi connectivity index (χ1n) is 7.39. The molecule has 128 valence electrons. The molecule has 0 spiro atoms. The van der Waals surface area contributed by atoms with Gasteiger partial charge in [-0.2, -0.15) is 5.10 Å². The minimum atomic E-state index is -0.942. The zero-order valence-corrected chi connectivity index (χ0v) is 13.0. The van der Waals surface area contributed by atoms with E-state index in [-0.39, 0.29) is 11.3 Å². The van der Waals surface area contributed by atoms with Crippen molar-refractivity contribution in [3.63, 3.8) is 0 Å². The second kappa shape index (κ2) is 8.19. The molecular weight excluding hydrogens is 320 g/mol. The Labute approximate surface area is 137 Å². The highest BCUT2D eigenvalue weighted by Crippen LogP contribution is 2.18. The number of nitrogens with zero attached hydrogens (tertiary/aromatic N) is 2. The zero-order chi connectivity index (χ0) is 17.5. The number of hydrogen-bond acceptors (Lipinski definition) is 4. The van der Waals surface area contributed by atoms with Crippen molar-refractivity contribution in [3.8, 4) is 5.75 Å². The van der Waals surface area contributed by atoms with Crippen LogP contribution in [-0.2, 0) is 11.3 Å². The lowest BCUT2D eigenvalue weighted by atomic mass is 10.3. The first-order valence-corrected chi connectivity index (χ1v) is 7.39. The largest absolute Gasteiger partial charge is 0.478 e. The smallest absolute Gasteiger partial charge is 0.266 e. The van der Waals surface area contributed by atoms with E-state index in [2.05, 4.69) is 10.4 Å². The van der Waals surface area contributed by atoms with Crippen LogP contribution in [0, 0.1) is 11.6 Å². The van der Waals surface area contributed by atoms with E-state index in [0.717, 1.165) is 12.1 Å². The molecule has 1 unspecified atom stereocenters. The molecule has 0 aliphatic heterocycles. The number of rotatable bonds is 7. The van der Waals surface area contributed by atoms with Crippen LogP contribution in [0.25, 0.3) is 0 Å². The van der Waals surface area contributed by atoms with Crippen LogP contribution in [0.2, 0.25) is 0 Å². The Kier molecular flexibility index (Phi) is 6.00. The van der Waals surface area contributed by atoms with Crippen LogP contribution in [0.3, 0.4) is 0 Å². The summed E-state index contributed by atoms with van der Waals surface area (Å²) in [6.07, 6.45) is 1.07. The van der Waals surface area contributed by atoms with Crippen molar-refractivity contribution in [3.05, 3.63) is 58.5 Å². The van der Waals surface area contributed by atoms with Crippen molar-refractivity contribution < 1.29 is 18.3 Å². The van der Waals surface area contributed by atoms with Gasteiger partial charge in [-0.15, -0.1) is 0 Å². The number of hydrogen-bond donors (Lipinski definition) is 1.